The third-order valence-corrected chi connectivity index (χ3v) is 3.85. The molecule has 0 aliphatic carbocycles. The van der Waals surface area contributed by atoms with Crippen molar-refractivity contribution >= 4 is 17.5 Å². The Bertz CT molecular complexity index is 375. The van der Waals surface area contributed by atoms with Crippen LogP contribution in [0.25, 0.3) is 0 Å². The molecule has 0 spiro atoms. The van der Waals surface area contributed by atoms with Crippen LogP contribution < -0.4 is 0 Å². The van der Waals surface area contributed by atoms with Gasteiger partial charge in [-0.1, -0.05) is 37.3 Å². The van der Waals surface area contributed by atoms with Crippen LogP contribution in [-0.4, -0.2) is 23.4 Å². The van der Waals surface area contributed by atoms with E-state index in [1.165, 1.54) is 0 Å². The number of likely N-dealkylation sites (N-methyl/N-ethyl adjacent to an activating group) is 1. The third kappa shape index (κ3) is 3.22. The molecule has 0 aliphatic rings. The maximum atomic E-state index is 12.2. The highest BCUT2D eigenvalue weighted by Crippen LogP contribution is 2.26. The minimum Gasteiger partial charge on any atom is -0.339 e. The van der Waals surface area contributed by atoms with E-state index >= 15 is 0 Å². The molecule has 1 aromatic rings. The summed E-state index contributed by atoms with van der Waals surface area (Å²) in [4.78, 5) is 14.0. The van der Waals surface area contributed by atoms with Gasteiger partial charge in [-0.3, -0.25) is 4.79 Å². The summed E-state index contributed by atoms with van der Waals surface area (Å²) >= 11 is 6.22. The zero-order valence-electron chi connectivity index (χ0n) is 10.9. The van der Waals surface area contributed by atoms with Gasteiger partial charge in [-0.05, 0) is 25.8 Å². The SMILES string of the molecule is CCC(C)(C)N(C)C(=O)C(Cl)c1ccccc1. The lowest BCUT2D eigenvalue weighted by atomic mass is 9.99. The standard InChI is InChI=1S/C14H20ClNO/c1-5-14(2,3)16(4)13(17)12(15)11-9-7-6-8-10-11/h6-10,12H,5H2,1-4H3. The van der Waals surface area contributed by atoms with E-state index in [1.54, 1.807) is 4.90 Å². The zero-order valence-corrected chi connectivity index (χ0v) is 11.7. The van der Waals surface area contributed by atoms with Crippen molar-refractivity contribution in [3.63, 3.8) is 0 Å². The van der Waals surface area contributed by atoms with E-state index in [4.69, 9.17) is 11.6 Å². The molecule has 0 fully saturated rings. The number of nitrogens with zero attached hydrogens (tertiary/aromatic N) is 1. The molecule has 3 heteroatoms. The van der Waals surface area contributed by atoms with Gasteiger partial charge in [-0.15, -0.1) is 11.6 Å². The van der Waals surface area contributed by atoms with Crippen LogP contribution in [0.2, 0.25) is 0 Å². The molecule has 2 nitrogen and oxygen atoms in total. The molecule has 0 N–H and O–H groups in total. The molecule has 1 aromatic carbocycles. The van der Waals surface area contributed by atoms with Gasteiger partial charge in [0.2, 0.25) is 5.91 Å². The fraction of sp³-hybridized carbons (Fsp3) is 0.500. The fourth-order valence-corrected chi connectivity index (χ4v) is 1.76. The minimum atomic E-state index is -0.605. The first-order chi connectivity index (χ1) is 7.90. The summed E-state index contributed by atoms with van der Waals surface area (Å²) in [5.41, 5.74) is 0.678. The molecule has 0 saturated heterocycles. The second kappa shape index (κ2) is 5.54. The van der Waals surface area contributed by atoms with Crippen molar-refractivity contribution in [1.82, 2.24) is 4.90 Å². The van der Waals surface area contributed by atoms with Crippen molar-refractivity contribution in [1.29, 1.82) is 0 Å². The highest BCUT2D eigenvalue weighted by Gasteiger charge is 2.30. The molecule has 0 radical (unpaired) electrons. The van der Waals surface area contributed by atoms with E-state index in [1.807, 2.05) is 51.2 Å². The molecule has 0 bridgehead atoms. The van der Waals surface area contributed by atoms with Crippen LogP contribution in [0.15, 0.2) is 30.3 Å². The predicted molar refractivity (Wildman–Crippen MR) is 72.2 cm³/mol. The topological polar surface area (TPSA) is 20.3 Å². The average Bonchev–Trinajstić information content (AvgIpc) is 2.37. The smallest absolute Gasteiger partial charge is 0.245 e. The molecular formula is C14H20ClNO. The molecular weight excluding hydrogens is 234 g/mol. The largest absolute Gasteiger partial charge is 0.339 e. The van der Waals surface area contributed by atoms with Crippen LogP contribution in [0.4, 0.5) is 0 Å². The van der Waals surface area contributed by atoms with Gasteiger partial charge in [0, 0.05) is 12.6 Å². The zero-order chi connectivity index (χ0) is 13.1. The van der Waals surface area contributed by atoms with Gasteiger partial charge in [-0.2, -0.15) is 0 Å². The lowest BCUT2D eigenvalue weighted by Crippen LogP contribution is -2.45. The van der Waals surface area contributed by atoms with Gasteiger partial charge in [0.15, 0.2) is 0 Å². The summed E-state index contributed by atoms with van der Waals surface area (Å²) in [6, 6.07) is 9.45. The highest BCUT2D eigenvalue weighted by molar-refractivity contribution is 6.30. The second-order valence-corrected chi connectivity index (χ2v) is 5.27. The van der Waals surface area contributed by atoms with Gasteiger partial charge in [0.1, 0.15) is 5.38 Å². The average molecular weight is 254 g/mol. The number of benzene rings is 1. The Kier molecular flexibility index (Phi) is 4.58. The van der Waals surface area contributed by atoms with Crippen molar-refractivity contribution in [2.24, 2.45) is 0 Å². The minimum absolute atomic E-state index is 0.0512. The van der Waals surface area contributed by atoms with Gasteiger partial charge >= 0.3 is 0 Å². The van der Waals surface area contributed by atoms with E-state index in [0.717, 1.165) is 12.0 Å². The number of carbonyl (C=O) groups is 1. The summed E-state index contributed by atoms with van der Waals surface area (Å²) < 4.78 is 0. The molecule has 0 heterocycles. The van der Waals surface area contributed by atoms with Crippen molar-refractivity contribution in [3.05, 3.63) is 35.9 Å². The Morgan fingerprint density at radius 2 is 1.88 bits per heavy atom. The first-order valence-corrected chi connectivity index (χ1v) is 6.30. The second-order valence-electron chi connectivity index (χ2n) is 4.84. The van der Waals surface area contributed by atoms with Gasteiger partial charge in [0.05, 0.1) is 0 Å². The summed E-state index contributed by atoms with van der Waals surface area (Å²) in [5, 5.41) is -0.605. The first-order valence-electron chi connectivity index (χ1n) is 5.87. The number of alkyl halides is 1. The Balaban J connectivity index is 2.84. The fourth-order valence-electron chi connectivity index (χ4n) is 1.47. The van der Waals surface area contributed by atoms with E-state index in [-0.39, 0.29) is 11.4 Å². The molecule has 1 rings (SSSR count). The number of hydrogen-bond donors (Lipinski definition) is 0. The normalized spacial score (nSPS) is 13.2. The number of amides is 1. The Hall–Kier alpha value is -1.02. The van der Waals surface area contributed by atoms with Crippen LogP contribution in [0.5, 0.6) is 0 Å². The lowest BCUT2D eigenvalue weighted by molar-refractivity contribution is -0.134. The Morgan fingerprint density at radius 1 is 1.35 bits per heavy atom. The number of hydrogen-bond acceptors (Lipinski definition) is 1. The van der Waals surface area contributed by atoms with Crippen LogP contribution in [0.1, 0.15) is 38.1 Å². The third-order valence-electron chi connectivity index (χ3n) is 3.41. The van der Waals surface area contributed by atoms with Crippen molar-refractivity contribution in [3.8, 4) is 0 Å². The van der Waals surface area contributed by atoms with Crippen LogP contribution >= 0.6 is 11.6 Å². The van der Waals surface area contributed by atoms with Gasteiger partial charge in [-0.25, -0.2) is 0 Å². The number of rotatable bonds is 4. The molecule has 17 heavy (non-hydrogen) atoms. The predicted octanol–water partition coefficient (Wildman–Crippen LogP) is 3.61. The lowest BCUT2D eigenvalue weighted by Gasteiger charge is -2.36. The number of halogens is 1. The molecule has 94 valence electrons. The number of carbonyl (C=O) groups excluding carboxylic acids is 1. The molecule has 1 atom stereocenters. The Morgan fingerprint density at radius 3 is 2.35 bits per heavy atom. The van der Waals surface area contributed by atoms with E-state index in [0.29, 0.717) is 0 Å². The molecule has 0 aromatic heterocycles. The van der Waals surface area contributed by atoms with Crippen LogP contribution in [0, 0.1) is 0 Å². The maximum absolute atomic E-state index is 12.2. The summed E-state index contributed by atoms with van der Waals surface area (Å²) in [5.74, 6) is -0.0512. The van der Waals surface area contributed by atoms with E-state index in [2.05, 4.69) is 6.92 Å². The summed E-state index contributed by atoms with van der Waals surface area (Å²) in [7, 11) is 1.81. The van der Waals surface area contributed by atoms with Gasteiger partial charge in [0.25, 0.3) is 0 Å². The molecule has 1 unspecified atom stereocenters. The Labute approximate surface area is 109 Å². The summed E-state index contributed by atoms with van der Waals surface area (Å²) in [6.07, 6.45) is 0.896. The van der Waals surface area contributed by atoms with E-state index < -0.39 is 5.38 Å². The first kappa shape index (κ1) is 14.0. The van der Waals surface area contributed by atoms with Crippen LogP contribution in [-0.2, 0) is 4.79 Å². The highest BCUT2D eigenvalue weighted by atomic mass is 35.5. The molecule has 1 amide bonds. The van der Waals surface area contributed by atoms with E-state index in [9.17, 15) is 4.79 Å². The van der Waals surface area contributed by atoms with Crippen molar-refractivity contribution in [2.75, 3.05) is 7.05 Å². The quantitative estimate of drug-likeness (QED) is 0.751. The maximum Gasteiger partial charge on any atom is 0.245 e. The van der Waals surface area contributed by atoms with Gasteiger partial charge < -0.3 is 4.90 Å². The van der Waals surface area contributed by atoms with Crippen molar-refractivity contribution < 1.29 is 4.79 Å². The molecule has 0 aliphatic heterocycles. The summed E-state index contributed by atoms with van der Waals surface area (Å²) in [6.45, 7) is 6.15. The van der Waals surface area contributed by atoms with Crippen LogP contribution in [0.3, 0.4) is 0 Å². The monoisotopic (exact) mass is 253 g/mol. The molecule has 0 saturated carbocycles. The van der Waals surface area contributed by atoms with Crippen molar-refractivity contribution in [2.45, 2.75) is 38.1 Å².